The largest absolute Gasteiger partial charge is 0.508 e. The van der Waals surface area contributed by atoms with Gasteiger partial charge in [-0.1, -0.05) is 17.3 Å². The third-order valence-electron chi connectivity index (χ3n) is 4.06. The fraction of sp³-hybridized carbons (Fsp3) is 0.222. The minimum absolute atomic E-state index is 0.231. The maximum atomic E-state index is 9.53. The van der Waals surface area contributed by atoms with Gasteiger partial charge in [-0.3, -0.25) is 0 Å². The quantitative estimate of drug-likeness (QED) is 0.711. The lowest BCUT2D eigenvalue weighted by molar-refractivity contribution is 0.393. The van der Waals surface area contributed by atoms with Gasteiger partial charge in [-0.05, 0) is 38.5 Å². The molecule has 0 spiro atoms. The molecule has 0 atom stereocenters. The van der Waals surface area contributed by atoms with E-state index in [-0.39, 0.29) is 5.75 Å². The zero-order chi connectivity index (χ0) is 16.6. The van der Waals surface area contributed by atoms with Crippen molar-refractivity contribution < 1.29 is 9.63 Å². The van der Waals surface area contributed by atoms with Crippen LogP contribution in [0.15, 0.2) is 35.0 Å². The molecule has 3 aromatic rings. The van der Waals surface area contributed by atoms with Crippen LogP contribution >= 0.6 is 0 Å². The lowest BCUT2D eigenvalue weighted by Crippen LogP contribution is -1.99. The molecule has 0 amide bonds. The van der Waals surface area contributed by atoms with E-state index in [0.29, 0.717) is 0 Å². The highest BCUT2D eigenvalue weighted by Crippen LogP contribution is 2.39. The summed E-state index contributed by atoms with van der Waals surface area (Å²) < 4.78 is 7.37. The molecule has 118 valence electrons. The van der Waals surface area contributed by atoms with E-state index >= 15 is 0 Å². The average molecular weight is 309 g/mol. The number of phenols is 1. The van der Waals surface area contributed by atoms with Gasteiger partial charge in [0.25, 0.3) is 0 Å². The van der Waals surface area contributed by atoms with Gasteiger partial charge in [0, 0.05) is 30.1 Å². The molecule has 23 heavy (non-hydrogen) atoms. The molecule has 0 aliphatic carbocycles. The summed E-state index contributed by atoms with van der Waals surface area (Å²) in [5, 5.41) is 21.4. The van der Waals surface area contributed by atoms with E-state index in [4.69, 9.17) is 9.93 Å². The summed E-state index contributed by atoms with van der Waals surface area (Å²) in [4.78, 5) is 0. The number of benzene rings is 1. The number of aryl methyl sites for hydroxylation is 3. The molecule has 2 heterocycles. The highest BCUT2D eigenvalue weighted by Gasteiger charge is 2.22. The second kappa shape index (κ2) is 5.76. The van der Waals surface area contributed by atoms with Crippen molar-refractivity contribution in [2.75, 3.05) is 0 Å². The Morgan fingerprint density at radius 3 is 2.43 bits per heavy atom. The molecule has 0 radical (unpaired) electrons. The average Bonchev–Trinajstić information content (AvgIpc) is 3.07. The van der Waals surface area contributed by atoms with Crippen LogP contribution in [-0.2, 0) is 6.54 Å². The van der Waals surface area contributed by atoms with E-state index < -0.39 is 0 Å². The van der Waals surface area contributed by atoms with Gasteiger partial charge in [-0.2, -0.15) is 0 Å². The van der Waals surface area contributed by atoms with Crippen LogP contribution in [0.5, 0.6) is 5.75 Å². The Kier molecular flexibility index (Phi) is 3.78. The standard InChI is InChI=1S/C18H19N3O2/c1-4-21-10-15(13-5-7-14(22)8-6-13)18(16(21)9-19)17-11(2)20-23-12(17)3/h5-10,19,22H,4H2,1-3H3. The monoisotopic (exact) mass is 309 g/mol. The summed E-state index contributed by atoms with van der Waals surface area (Å²) in [5.41, 5.74) is 5.49. The van der Waals surface area contributed by atoms with Gasteiger partial charge >= 0.3 is 0 Å². The highest BCUT2D eigenvalue weighted by atomic mass is 16.5. The first-order valence-corrected chi connectivity index (χ1v) is 7.53. The summed E-state index contributed by atoms with van der Waals surface area (Å²) in [7, 11) is 0. The Hall–Kier alpha value is -2.82. The molecule has 5 nitrogen and oxygen atoms in total. The van der Waals surface area contributed by atoms with E-state index in [1.54, 1.807) is 12.1 Å². The van der Waals surface area contributed by atoms with E-state index in [2.05, 4.69) is 5.16 Å². The summed E-state index contributed by atoms with van der Waals surface area (Å²) in [6.07, 6.45) is 3.41. The van der Waals surface area contributed by atoms with Crippen molar-refractivity contribution in [3.8, 4) is 28.0 Å². The lowest BCUT2D eigenvalue weighted by Gasteiger charge is -2.06. The van der Waals surface area contributed by atoms with E-state index in [1.807, 2.05) is 43.7 Å². The van der Waals surface area contributed by atoms with Crippen LogP contribution in [0.3, 0.4) is 0 Å². The summed E-state index contributed by atoms with van der Waals surface area (Å²) in [6.45, 7) is 6.60. The maximum absolute atomic E-state index is 9.53. The van der Waals surface area contributed by atoms with Crippen molar-refractivity contribution in [3.05, 3.63) is 47.6 Å². The first-order chi connectivity index (χ1) is 11.1. The molecule has 0 bridgehead atoms. The van der Waals surface area contributed by atoms with E-state index in [9.17, 15) is 5.11 Å². The first kappa shape index (κ1) is 15.1. The van der Waals surface area contributed by atoms with Gasteiger partial charge in [0.05, 0.1) is 17.0 Å². The third-order valence-corrected chi connectivity index (χ3v) is 4.06. The molecule has 2 aromatic heterocycles. The topological polar surface area (TPSA) is 75.0 Å². The summed E-state index contributed by atoms with van der Waals surface area (Å²) in [5.74, 6) is 0.967. The van der Waals surface area contributed by atoms with Crippen molar-refractivity contribution in [1.29, 1.82) is 5.41 Å². The highest BCUT2D eigenvalue weighted by molar-refractivity contribution is 5.97. The molecule has 3 rings (SSSR count). The molecular formula is C18H19N3O2. The Bertz CT molecular complexity index is 838. The second-order valence-electron chi connectivity index (χ2n) is 5.48. The summed E-state index contributed by atoms with van der Waals surface area (Å²) in [6, 6.07) is 7.08. The summed E-state index contributed by atoms with van der Waals surface area (Å²) >= 11 is 0. The first-order valence-electron chi connectivity index (χ1n) is 7.53. The number of hydrogen-bond donors (Lipinski definition) is 2. The second-order valence-corrected chi connectivity index (χ2v) is 5.48. The molecular weight excluding hydrogens is 290 g/mol. The van der Waals surface area contributed by atoms with E-state index in [1.165, 1.54) is 6.21 Å². The number of rotatable bonds is 4. The molecule has 0 aliphatic heterocycles. The van der Waals surface area contributed by atoms with Gasteiger partial charge in [-0.15, -0.1) is 0 Å². The third kappa shape index (κ3) is 2.44. The van der Waals surface area contributed by atoms with Crippen LogP contribution in [-0.4, -0.2) is 21.0 Å². The lowest BCUT2D eigenvalue weighted by atomic mass is 9.96. The van der Waals surface area contributed by atoms with Crippen LogP contribution in [0.25, 0.3) is 22.3 Å². The van der Waals surface area contributed by atoms with Crippen LogP contribution in [0.1, 0.15) is 24.1 Å². The zero-order valence-corrected chi connectivity index (χ0v) is 13.4. The van der Waals surface area contributed by atoms with Gasteiger partial charge in [0.1, 0.15) is 11.5 Å². The molecule has 0 saturated carbocycles. The van der Waals surface area contributed by atoms with Crippen LogP contribution in [0.4, 0.5) is 0 Å². The Balaban J connectivity index is 2.34. The van der Waals surface area contributed by atoms with Crippen molar-refractivity contribution in [2.45, 2.75) is 27.3 Å². The fourth-order valence-corrected chi connectivity index (χ4v) is 2.95. The number of aromatic nitrogens is 2. The van der Waals surface area contributed by atoms with Crippen LogP contribution in [0.2, 0.25) is 0 Å². The van der Waals surface area contributed by atoms with Crippen molar-refractivity contribution >= 4 is 6.21 Å². The molecule has 5 heteroatoms. The Morgan fingerprint density at radius 1 is 1.22 bits per heavy atom. The Labute approximate surface area is 134 Å². The van der Waals surface area contributed by atoms with Crippen molar-refractivity contribution in [3.63, 3.8) is 0 Å². The minimum atomic E-state index is 0.231. The van der Waals surface area contributed by atoms with Gasteiger partial charge in [0.2, 0.25) is 0 Å². The smallest absolute Gasteiger partial charge is 0.141 e. The maximum Gasteiger partial charge on any atom is 0.141 e. The number of aromatic hydroxyl groups is 1. The van der Waals surface area contributed by atoms with Gasteiger partial charge in [0.15, 0.2) is 0 Å². The van der Waals surface area contributed by atoms with E-state index in [0.717, 1.165) is 45.9 Å². The van der Waals surface area contributed by atoms with Crippen LogP contribution < -0.4 is 0 Å². The van der Waals surface area contributed by atoms with Gasteiger partial charge < -0.3 is 19.6 Å². The number of nitrogens with zero attached hydrogens (tertiary/aromatic N) is 2. The zero-order valence-electron chi connectivity index (χ0n) is 13.4. The number of phenolic OH excluding ortho intramolecular Hbond substituents is 1. The predicted octanol–water partition coefficient (Wildman–Crippen LogP) is 4.15. The molecule has 2 N–H and O–H groups in total. The molecule has 0 aliphatic rings. The van der Waals surface area contributed by atoms with Gasteiger partial charge in [-0.25, -0.2) is 0 Å². The SMILES string of the molecule is CCn1cc(-c2ccc(O)cc2)c(-c2c(C)noc2C)c1C=N. The number of hydrogen-bond acceptors (Lipinski definition) is 4. The minimum Gasteiger partial charge on any atom is -0.508 e. The molecule has 1 aromatic carbocycles. The Morgan fingerprint density at radius 2 is 1.91 bits per heavy atom. The van der Waals surface area contributed by atoms with Crippen LogP contribution in [0, 0.1) is 19.3 Å². The molecule has 0 fully saturated rings. The normalized spacial score (nSPS) is 10.9. The fourth-order valence-electron chi connectivity index (χ4n) is 2.95. The molecule has 0 unspecified atom stereocenters. The molecule has 0 saturated heterocycles. The number of nitrogens with one attached hydrogen (secondary N) is 1. The predicted molar refractivity (Wildman–Crippen MR) is 90.1 cm³/mol. The van der Waals surface area contributed by atoms with Crippen molar-refractivity contribution in [2.24, 2.45) is 0 Å². The van der Waals surface area contributed by atoms with Crippen molar-refractivity contribution in [1.82, 2.24) is 9.72 Å².